The molecule has 0 aliphatic rings. The molecule has 0 saturated carbocycles. The van der Waals surface area contributed by atoms with E-state index in [0.29, 0.717) is 0 Å². The monoisotopic (exact) mass is 315 g/mol. The fourth-order valence-electron chi connectivity index (χ4n) is 1.57. The number of benzene rings is 1. The molecule has 0 atom stereocenters. The maximum atomic E-state index is 13.4. The number of aromatic nitrogens is 1. The number of nitrogens with one attached hydrogen (secondary N) is 1. The van der Waals surface area contributed by atoms with Gasteiger partial charge in [-0.15, -0.1) is 0 Å². The number of halogens is 2. The Labute approximate surface area is 120 Å². The Morgan fingerprint density at radius 3 is 2.70 bits per heavy atom. The largest absolute Gasteiger partial charge is 0.396 e. The molecule has 5 nitrogen and oxygen atoms in total. The van der Waals surface area contributed by atoms with Crippen LogP contribution in [0.4, 0.5) is 15.8 Å². The molecular weight excluding hydrogens is 305 g/mol. The quantitative estimate of drug-likeness (QED) is 0.852. The molecule has 3 N–H and O–H groups in total. The molecule has 1 heterocycles. The van der Waals surface area contributed by atoms with E-state index in [1.807, 2.05) is 0 Å². The molecule has 0 unspecified atom stereocenters. The molecule has 8 heteroatoms. The van der Waals surface area contributed by atoms with Gasteiger partial charge in [-0.1, -0.05) is 11.6 Å². The molecular formula is C12H11ClFN3O2S. The number of nitrogens with two attached hydrogens (primary N) is 1. The summed E-state index contributed by atoms with van der Waals surface area (Å²) in [4.78, 5) is 3.63. The van der Waals surface area contributed by atoms with E-state index >= 15 is 0 Å². The van der Waals surface area contributed by atoms with Gasteiger partial charge in [0, 0.05) is 6.20 Å². The van der Waals surface area contributed by atoms with Crippen molar-refractivity contribution in [3.8, 4) is 0 Å². The van der Waals surface area contributed by atoms with Gasteiger partial charge in [-0.2, -0.15) is 0 Å². The first-order valence-corrected chi connectivity index (χ1v) is 7.35. The summed E-state index contributed by atoms with van der Waals surface area (Å²) in [5.41, 5.74) is 5.48. The lowest BCUT2D eigenvalue weighted by molar-refractivity contribution is 0.599. The normalized spacial score (nSPS) is 11.3. The smallest absolute Gasteiger partial charge is 0.262 e. The Hall–Kier alpha value is -1.86. The summed E-state index contributed by atoms with van der Waals surface area (Å²) in [7, 11) is -3.92. The lowest BCUT2D eigenvalue weighted by atomic mass is 10.2. The molecule has 0 aliphatic heterocycles. The summed E-state index contributed by atoms with van der Waals surface area (Å²) >= 11 is 5.85. The van der Waals surface area contributed by atoms with Crippen molar-refractivity contribution in [1.29, 1.82) is 0 Å². The van der Waals surface area contributed by atoms with Crippen LogP contribution < -0.4 is 10.5 Å². The van der Waals surface area contributed by atoms with Gasteiger partial charge in [-0.05, 0) is 30.7 Å². The maximum absolute atomic E-state index is 13.4. The van der Waals surface area contributed by atoms with Gasteiger partial charge in [0.1, 0.15) is 5.82 Å². The standard InChI is InChI=1S/C12H11ClFN3O2S/c1-7-4-8(5-10(15)12(7)14)20(18,19)17-11-6-16-3-2-9(11)13/h2-6,17H,15H2,1H3. The van der Waals surface area contributed by atoms with Gasteiger partial charge in [0.15, 0.2) is 0 Å². The van der Waals surface area contributed by atoms with E-state index in [2.05, 4.69) is 9.71 Å². The summed E-state index contributed by atoms with van der Waals surface area (Å²) in [5.74, 6) is -0.636. The molecule has 0 fully saturated rings. The van der Waals surface area contributed by atoms with Gasteiger partial charge in [0.2, 0.25) is 0 Å². The third-order valence-electron chi connectivity index (χ3n) is 2.58. The number of sulfonamides is 1. The van der Waals surface area contributed by atoms with Crippen LogP contribution in [0, 0.1) is 12.7 Å². The lowest BCUT2D eigenvalue weighted by Gasteiger charge is -2.11. The molecule has 1 aromatic heterocycles. The maximum Gasteiger partial charge on any atom is 0.262 e. The Morgan fingerprint density at radius 1 is 1.40 bits per heavy atom. The van der Waals surface area contributed by atoms with E-state index in [1.165, 1.54) is 31.5 Å². The minimum atomic E-state index is -3.92. The fraction of sp³-hybridized carbons (Fsp3) is 0.0833. The number of rotatable bonds is 3. The molecule has 2 rings (SSSR count). The minimum Gasteiger partial charge on any atom is -0.396 e. The first-order chi connectivity index (χ1) is 9.31. The van der Waals surface area contributed by atoms with Crippen molar-refractivity contribution in [3.63, 3.8) is 0 Å². The highest BCUT2D eigenvalue weighted by molar-refractivity contribution is 7.92. The van der Waals surface area contributed by atoms with Crippen LogP contribution in [0.1, 0.15) is 5.56 Å². The van der Waals surface area contributed by atoms with Crippen molar-refractivity contribution in [2.45, 2.75) is 11.8 Å². The van der Waals surface area contributed by atoms with Crippen LogP contribution in [0.5, 0.6) is 0 Å². The predicted octanol–water partition coefficient (Wildman–Crippen LogP) is 2.57. The van der Waals surface area contributed by atoms with E-state index in [0.717, 1.165) is 6.07 Å². The van der Waals surface area contributed by atoms with Crippen LogP contribution in [0.2, 0.25) is 5.02 Å². The van der Waals surface area contributed by atoms with Gasteiger partial charge in [0.05, 0.1) is 27.5 Å². The molecule has 0 radical (unpaired) electrons. The zero-order valence-electron chi connectivity index (χ0n) is 10.4. The highest BCUT2D eigenvalue weighted by Crippen LogP contribution is 2.25. The number of hydrogen-bond acceptors (Lipinski definition) is 4. The van der Waals surface area contributed by atoms with Crippen molar-refractivity contribution < 1.29 is 12.8 Å². The number of aryl methyl sites for hydroxylation is 1. The zero-order valence-corrected chi connectivity index (χ0v) is 12.0. The van der Waals surface area contributed by atoms with E-state index in [9.17, 15) is 12.8 Å². The highest BCUT2D eigenvalue weighted by atomic mass is 35.5. The summed E-state index contributed by atoms with van der Waals surface area (Å²) in [6.45, 7) is 1.43. The Morgan fingerprint density at radius 2 is 2.10 bits per heavy atom. The lowest BCUT2D eigenvalue weighted by Crippen LogP contribution is -2.14. The summed E-state index contributed by atoms with van der Waals surface area (Å²) in [6.07, 6.45) is 2.71. The molecule has 0 saturated heterocycles. The molecule has 20 heavy (non-hydrogen) atoms. The molecule has 0 spiro atoms. The first-order valence-electron chi connectivity index (χ1n) is 5.49. The summed E-state index contributed by atoms with van der Waals surface area (Å²) in [5, 5.41) is 0.204. The number of hydrogen-bond donors (Lipinski definition) is 2. The minimum absolute atomic E-state index is 0.134. The molecule has 0 aliphatic carbocycles. The van der Waals surface area contributed by atoms with Crippen molar-refractivity contribution in [2.75, 3.05) is 10.5 Å². The van der Waals surface area contributed by atoms with Gasteiger partial charge in [-0.25, -0.2) is 12.8 Å². The molecule has 2 aromatic rings. The fourth-order valence-corrected chi connectivity index (χ4v) is 2.97. The third kappa shape index (κ3) is 2.83. The predicted molar refractivity (Wildman–Crippen MR) is 75.6 cm³/mol. The van der Waals surface area contributed by atoms with Crippen molar-refractivity contribution in [3.05, 3.63) is 47.0 Å². The highest BCUT2D eigenvalue weighted by Gasteiger charge is 2.18. The topological polar surface area (TPSA) is 85.1 Å². The van der Waals surface area contributed by atoms with Crippen molar-refractivity contribution in [1.82, 2.24) is 4.98 Å². The Balaban J connectivity index is 2.44. The second-order valence-electron chi connectivity index (χ2n) is 4.10. The SMILES string of the molecule is Cc1cc(S(=O)(=O)Nc2cnccc2Cl)cc(N)c1F. The van der Waals surface area contributed by atoms with Crippen LogP contribution in [0.15, 0.2) is 35.5 Å². The average molecular weight is 316 g/mol. The van der Waals surface area contributed by atoms with Crippen molar-refractivity contribution >= 4 is 33.0 Å². The van der Waals surface area contributed by atoms with E-state index in [-0.39, 0.29) is 26.9 Å². The average Bonchev–Trinajstić information content (AvgIpc) is 2.38. The third-order valence-corrected chi connectivity index (χ3v) is 4.25. The molecule has 1 aromatic carbocycles. The first kappa shape index (κ1) is 14.5. The second kappa shape index (κ2) is 5.26. The number of nitrogens with zero attached hydrogens (tertiary/aromatic N) is 1. The second-order valence-corrected chi connectivity index (χ2v) is 6.19. The summed E-state index contributed by atoms with van der Waals surface area (Å²) in [6, 6.07) is 3.69. The van der Waals surface area contributed by atoms with E-state index < -0.39 is 15.8 Å². The van der Waals surface area contributed by atoms with Crippen molar-refractivity contribution in [2.24, 2.45) is 0 Å². The zero-order chi connectivity index (χ0) is 14.9. The van der Waals surface area contributed by atoms with E-state index in [4.69, 9.17) is 17.3 Å². The van der Waals surface area contributed by atoms with Gasteiger partial charge < -0.3 is 5.73 Å². The van der Waals surface area contributed by atoms with E-state index in [1.54, 1.807) is 0 Å². The number of nitrogen functional groups attached to an aromatic ring is 1. The van der Waals surface area contributed by atoms with Crippen LogP contribution in [0.3, 0.4) is 0 Å². The van der Waals surface area contributed by atoms with Crippen LogP contribution in [0.25, 0.3) is 0 Å². The van der Waals surface area contributed by atoms with Gasteiger partial charge in [-0.3, -0.25) is 9.71 Å². The number of pyridine rings is 1. The molecule has 0 bridgehead atoms. The molecule has 106 valence electrons. The van der Waals surface area contributed by atoms with Crippen LogP contribution >= 0.6 is 11.6 Å². The summed E-state index contributed by atoms with van der Waals surface area (Å²) < 4.78 is 40.1. The van der Waals surface area contributed by atoms with Crippen LogP contribution in [-0.2, 0) is 10.0 Å². The Bertz CT molecular complexity index is 742. The van der Waals surface area contributed by atoms with Crippen LogP contribution in [-0.4, -0.2) is 13.4 Å². The molecule has 0 amide bonds. The van der Waals surface area contributed by atoms with Gasteiger partial charge in [0.25, 0.3) is 10.0 Å². The van der Waals surface area contributed by atoms with Gasteiger partial charge >= 0.3 is 0 Å². The Kier molecular flexibility index (Phi) is 3.82. The number of anilines is 2.